The minimum atomic E-state index is -1.93. The second kappa shape index (κ2) is 23.3. The van der Waals surface area contributed by atoms with E-state index in [4.69, 9.17) is 15.3 Å². The first-order valence-corrected chi connectivity index (χ1v) is 6.88. The van der Waals surface area contributed by atoms with Crippen LogP contribution in [0.1, 0.15) is 19.3 Å². The molecule has 0 spiro atoms. The molecule has 18 nitrogen and oxygen atoms in total. The molecule has 3 N–H and O–H groups in total. The normalized spacial score (nSPS) is 11.4. The van der Waals surface area contributed by atoms with Gasteiger partial charge in [-0.2, -0.15) is 0 Å². The number of hydrogen-bond acceptors (Lipinski definition) is 18. The summed E-state index contributed by atoms with van der Waals surface area (Å²) in [6.45, 7) is 0. The zero-order valence-corrected chi connectivity index (χ0v) is 17.2. The van der Waals surface area contributed by atoms with Gasteiger partial charge in [0.15, 0.2) is 18.3 Å². The molecule has 0 aromatic carbocycles. The zero-order chi connectivity index (χ0) is 24.4. The standard InChI is InChI=1S/3C4H6O6.2Fe/c3*5-2(1-3(6)7)4(8)10-9;;/h3*2,5,9H,1H2,(H,6,7);;/q;;;2*+3/p-6. The molecule has 0 heterocycles. The van der Waals surface area contributed by atoms with Crippen LogP contribution in [-0.4, -0.2) is 69.4 Å². The van der Waals surface area contributed by atoms with E-state index < -0.39 is 73.4 Å². The fraction of sp³-hybridized carbons (Fsp3) is 0.500. The van der Waals surface area contributed by atoms with Gasteiger partial charge in [-0.15, -0.1) is 0 Å². The number of carbonyl (C=O) groups is 6. The van der Waals surface area contributed by atoms with Crippen LogP contribution in [0.15, 0.2) is 0 Å². The van der Waals surface area contributed by atoms with Gasteiger partial charge in [0.25, 0.3) is 0 Å². The maximum atomic E-state index is 9.97. The maximum absolute atomic E-state index is 9.97. The van der Waals surface area contributed by atoms with Crippen molar-refractivity contribution in [2.45, 2.75) is 37.6 Å². The number of aliphatic hydroxyl groups is 3. The number of aliphatic carboxylic acids is 3. The van der Waals surface area contributed by atoms with Crippen LogP contribution in [0, 0.1) is 0 Å². The predicted octanol–water partition coefficient (Wildman–Crippen LogP) is -11.1. The Bertz CT molecular complexity index is 514. The first-order valence-electron chi connectivity index (χ1n) is 6.88. The first-order chi connectivity index (χ1) is 13.7. The van der Waals surface area contributed by atoms with Crippen molar-refractivity contribution in [1.29, 1.82) is 0 Å². The van der Waals surface area contributed by atoms with E-state index in [2.05, 4.69) is 14.7 Å². The second-order valence-corrected chi connectivity index (χ2v) is 4.48. The third-order valence-electron chi connectivity index (χ3n) is 2.14. The van der Waals surface area contributed by atoms with E-state index >= 15 is 0 Å². The molecule has 0 aliphatic rings. The molecule has 0 amide bonds. The Kier molecular flexibility index (Phi) is 29.1. The van der Waals surface area contributed by atoms with E-state index in [0.717, 1.165) is 0 Å². The second-order valence-electron chi connectivity index (χ2n) is 4.48. The van der Waals surface area contributed by atoms with E-state index in [1.165, 1.54) is 0 Å². The van der Waals surface area contributed by atoms with Gasteiger partial charge < -0.3 is 75.5 Å². The van der Waals surface area contributed by atoms with Crippen LogP contribution in [-0.2, 0) is 77.6 Å². The van der Waals surface area contributed by atoms with Gasteiger partial charge in [-0.05, 0) is 0 Å². The number of carboxylic acids is 3. The van der Waals surface area contributed by atoms with E-state index in [1.54, 1.807) is 0 Å². The Labute approximate surface area is 197 Å². The third kappa shape index (κ3) is 25.7. The fourth-order valence-corrected chi connectivity index (χ4v) is 0.890. The van der Waals surface area contributed by atoms with Gasteiger partial charge in [0.2, 0.25) is 0 Å². The number of carbonyl (C=O) groups excluding carboxylic acids is 6. The van der Waals surface area contributed by atoms with Crippen molar-refractivity contribution in [3.63, 3.8) is 0 Å². The van der Waals surface area contributed by atoms with Crippen LogP contribution in [0.25, 0.3) is 0 Å². The topological polar surface area (TPSA) is 329 Å². The summed E-state index contributed by atoms with van der Waals surface area (Å²) in [7, 11) is 0. The molecule has 20 heteroatoms. The third-order valence-corrected chi connectivity index (χ3v) is 2.14. The SMILES string of the molecule is O=C([O-])CC(O)C(=O)O[O-].O=C([O-])CC(O)C(=O)O[O-].O=C([O-])CC(O)C(=O)O[O-].[Fe+3].[Fe+3]. The van der Waals surface area contributed by atoms with Gasteiger partial charge in [0.05, 0.1) is 0 Å². The molecule has 0 aromatic rings. The molecule has 0 fully saturated rings. The number of carboxylic acid groups (broad SMARTS) is 3. The van der Waals surface area contributed by atoms with E-state index in [9.17, 15) is 59.9 Å². The molecule has 0 aliphatic heterocycles. The molecule has 184 valence electrons. The molecule has 32 heavy (non-hydrogen) atoms. The zero-order valence-electron chi connectivity index (χ0n) is 15.0. The molecular weight excluding hydrogens is 544 g/mol. The van der Waals surface area contributed by atoms with Crippen molar-refractivity contribution in [3.8, 4) is 0 Å². The summed E-state index contributed by atoms with van der Waals surface area (Å²) in [6.07, 6.45) is -8.57. The van der Waals surface area contributed by atoms with Crippen molar-refractivity contribution < 1.29 is 124 Å². The minimum absolute atomic E-state index is 0. The average Bonchev–Trinajstić information content (AvgIpc) is 2.65. The predicted molar refractivity (Wildman–Crippen MR) is 65.2 cm³/mol. The molecule has 0 aliphatic carbocycles. The molecule has 0 saturated heterocycles. The average molecular weight is 556 g/mol. The first kappa shape index (κ1) is 40.0. The molecular formula is C12H12Fe2O18. The van der Waals surface area contributed by atoms with E-state index in [-0.39, 0.29) is 34.1 Å². The van der Waals surface area contributed by atoms with Crippen molar-refractivity contribution in [2.24, 2.45) is 0 Å². The molecule has 2 radical (unpaired) electrons. The Hall–Kier alpha value is -2.38. The smallest absolute Gasteiger partial charge is 0.662 e. The van der Waals surface area contributed by atoms with Crippen molar-refractivity contribution >= 4 is 35.8 Å². The van der Waals surface area contributed by atoms with Gasteiger partial charge in [-0.3, -0.25) is 0 Å². The maximum Gasteiger partial charge on any atom is 3.00 e. The van der Waals surface area contributed by atoms with Gasteiger partial charge in [-0.25, -0.2) is 14.4 Å². The van der Waals surface area contributed by atoms with Crippen molar-refractivity contribution in [3.05, 3.63) is 0 Å². The van der Waals surface area contributed by atoms with Crippen LogP contribution < -0.4 is 31.1 Å². The molecule has 3 unspecified atom stereocenters. The van der Waals surface area contributed by atoms with Gasteiger partial charge >= 0.3 is 52.0 Å². The van der Waals surface area contributed by atoms with Crippen LogP contribution in [0.3, 0.4) is 0 Å². The minimum Gasteiger partial charge on any atom is -0.662 e. The Balaban J connectivity index is -0.000000110. The van der Waals surface area contributed by atoms with E-state index in [0.29, 0.717) is 0 Å². The van der Waals surface area contributed by atoms with Gasteiger partial charge in [0, 0.05) is 37.2 Å². The van der Waals surface area contributed by atoms with E-state index in [1.807, 2.05) is 0 Å². The van der Waals surface area contributed by atoms with Crippen LogP contribution in [0.4, 0.5) is 0 Å². The molecule has 0 bridgehead atoms. The quantitative estimate of drug-likeness (QED) is 0.135. The van der Waals surface area contributed by atoms with Crippen molar-refractivity contribution in [1.82, 2.24) is 0 Å². The molecule has 0 saturated carbocycles. The molecule has 0 aromatic heterocycles. The van der Waals surface area contributed by atoms with Crippen LogP contribution in [0.2, 0.25) is 0 Å². The number of rotatable bonds is 9. The summed E-state index contributed by atoms with van der Waals surface area (Å²) >= 11 is 0. The summed E-state index contributed by atoms with van der Waals surface area (Å²) < 4.78 is 0. The number of aliphatic hydroxyl groups excluding tert-OH is 3. The largest absolute Gasteiger partial charge is 3.00 e. The Morgan fingerprint density at radius 1 is 0.531 bits per heavy atom. The van der Waals surface area contributed by atoms with Gasteiger partial charge in [-0.1, -0.05) is 0 Å². The molecule has 0 rings (SSSR count). The van der Waals surface area contributed by atoms with Gasteiger partial charge in [0.1, 0.15) is 0 Å². The summed E-state index contributed by atoms with van der Waals surface area (Å²) in [5.74, 6) is -9.45. The number of hydrogen-bond donors (Lipinski definition) is 3. The summed E-state index contributed by atoms with van der Waals surface area (Å²) in [4.78, 5) is 67.2. The summed E-state index contributed by atoms with van der Waals surface area (Å²) in [6, 6.07) is 0. The van der Waals surface area contributed by atoms with Crippen LogP contribution in [0.5, 0.6) is 0 Å². The summed E-state index contributed by atoms with van der Waals surface area (Å²) in [5.41, 5.74) is 0. The van der Waals surface area contributed by atoms with Crippen molar-refractivity contribution in [2.75, 3.05) is 0 Å². The Morgan fingerprint density at radius 3 is 0.781 bits per heavy atom. The monoisotopic (exact) mass is 556 g/mol. The summed E-state index contributed by atoms with van der Waals surface area (Å²) in [5, 5.41) is 81.8. The Morgan fingerprint density at radius 2 is 0.688 bits per heavy atom. The van der Waals surface area contributed by atoms with Crippen LogP contribution >= 0.6 is 0 Å². The fourth-order valence-electron chi connectivity index (χ4n) is 0.890. The molecule has 3 atom stereocenters.